The molecule has 1 atom stereocenters. The third kappa shape index (κ3) is 3.89. The van der Waals surface area contributed by atoms with Gasteiger partial charge in [0.05, 0.1) is 12.0 Å². The Labute approximate surface area is 137 Å². The Balaban J connectivity index is 1.97. The van der Waals surface area contributed by atoms with Crippen LogP contribution in [0.5, 0.6) is 0 Å². The molecule has 1 heterocycles. The molecule has 0 radical (unpaired) electrons. The van der Waals surface area contributed by atoms with Gasteiger partial charge in [-0.1, -0.05) is 12.8 Å². The second-order valence-corrected chi connectivity index (χ2v) is 6.43. The molecule has 0 saturated heterocycles. The van der Waals surface area contributed by atoms with Crippen LogP contribution in [0.1, 0.15) is 44.3 Å². The lowest BCUT2D eigenvalue weighted by atomic mass is 9.96. The Hall–Kier alpha value is -1.61. The van der Waals surface area contributed by atoms with E-state index in [4.69, 9.17) is 0 Å². The topological polar surface area (TPSA) is 87.4 Å². The fourth-order valence-electron chi connectivity index (χ4n) is 3.10. The smallest absolute Gasteiger partial charge is 0.389 e. The number of carbonyl (C=O) groups excluding carboxylic acids is 1. The highest BCUT2D eigenvalue weighted by atomic mass is 19.4. The molecule has 1 fully saturated rings. The van der Waals surface area contributed by atoms with Crippen LogP contribution >= 0.6 is 0 Å². The second-order valence-electron chi connectivity index (χ2n) is 6.43. The molecule has 6 nitrogen and oxygen atoms in total. The zero-order chi connectivity index (χ0) is 18.0. The Morgan fingerprint density at radius 3 is 2.54 bits per heavy atom. The monoisotopic (exact) mass is 349 g/mol. The molecule has 1 amide bonds. The molecular formula is C15H22F3N3O3. The highest BCUT2D eigenvalue weighted by Crippen LogP contribution is 2.40. The Morgan fingerprint density at radius 2 is 2.04 bits per heavy atom. The molecule has 9 heteroatoms. The summed E-state index contributed by atoms with van der Waals surface area (Å²) in [7, 11) is 1.35. The molecule has 1 saturated carbocycles. The van der Waals surface area contributed by atoms with Crippen LogP contribution < -0.4 is 5.32 Å². The van der Waals surface area contributed by atoms with Gasteiger partial charge in [-0.3, -0.25) is 4.79 Å². The van der Waals surface area contributed by atoms with Crippen molar-refractivity contribution in [1.82, 2.24) is 14.9 Å². The third-order valence-electron chi connectivity index (χ3n) is 4.49. The number of halogens is 3. The van der Waals surface area contributed by atoms with Crippen LogP contribution in [-0.4, -0.2) is 44.0 Å². The van der Waals surface area contributed by atoms with Gasteiger partial charge in [0.15, 0.2) is 0 Å². The first-order valence-corrected chi connectivity index (χ1v) is 7.83. The van der Waals surface area contributed by atoms with E-state index < -0.39 is 35.5 Å². The average Bonchev–Trinajstić information content (AvgIpc) is 3.06. The number of aromatic nitrogens is 2. The maximum Gasteiger partial charge on any atom is 0.424 e. The lowest BCUT2D eigenvalue weighted by Crippen LogP contribution is -2.47. The predicted molar refractivity (Wildman–Crippen MR) is 78.8 cm³/mol. The summed E-state index contributed by atoms with van der Waals surface area (Å²) in [6.07, 6.45) is -0.666. The van der Waals surface area contributed by atoms with Crippen molar-refractivity contribution >= 4 is 5.91 Å². The van der Waals surface area contributed by atoms with E-state index in [1.165, 1.54) is 19.4 Å². The maximum absolute atomic E-state index is 13.3. The maximum atomic E-state index is 13.3. The van der Waals surface area contributed by atoms with Crippen LogP contribution in [0.3, 0.4) is 0 Å². The molecule has 3 N–H and O–H groups in total. The Kier molecular flexibility index (Phi) is 5.24. The lowest BCUT2D eigenvalue weighted by Gasteiger charge is -2.30. The van der Waals surface area contributed by atoms with Crippen molar-refractivity contribution in [3.05, 3.63) is 18.2 Å². The van der Waals surface area contributed by atoms with Crippen molar-refractivity contribution in [2.75, 3.05) is 6.54 Å². The van der Waals surface area contributed by atoms with Crippen molar-refractivity contribution < 1.29 is 28.2 Å². The molecule has 0 bridgehead atoms. The van der Waals surface area contributed by atoms with Gasteiger partial charge >= 0.3 is 6.18 Å². The van der Waals surface area contributed by atoms with Crippen LogP contribution in [0.2, 0.25) is 0 Å². The Morgan fingerprint density at radius 1 is 1.42 bits per heavy atom. The van der Waals surface area contributed by atoms with Gasteiger partial charge in [0.2, 0.25) is 11.5 Å². The van der Waals surface area contributed by atoms with E-state index in [9.17, 15) is 28.2 Å². The van der Waals surface area contributed by atoms with E-state index in [0.29, 0.717) is 12.8 Å². The summed E-state index contributed by atoms with van der Waals surface area (Å²) in [6.45, 7) is -0.377. The normalized spacial score (nSPS) is 19.9. The van der Waals surface area contributed by atoms with Crippen molar-refractivity contribution in [3.63, 3.8) is 0 Å². The summed E-state index contributed by atoms with van der Waals surface area (Å²) in [5.74, 6) is -1.05. The molecule has 1 aromatic heterocycles. The van der Waals surface area contributed by atoms with Crippen LogP contribution in [0.4, 0.5) is 13.2 Å². The first kappa shape index (κ1) is 18.7. The van der Waals surface area contributed by atoms with Crippen LogP contribution in [0.15, 0.2) is 12.4 Å². The number of amides is 1. The molecule has 2 rings (SSSR count). The largest absolute Gasteiger partial charge is 0.424 e. The molecule has 0 spiro atoms. The number of aryl methyl sites for hydroxylation is 1. The number of hydrogen-bond donors (Lipinski definition) is 3. The molecule has 1 unspecified atom stereocenters. The second kappa shape index (κ2) is 6.72. The first-order valence-electron chi connectivity index (χ1n) is 7.83. The number of nitrogens with zero attached hydrogens (tertiary/aromatic N) is 2. The van der Waals surface area contributed by atoms with E-state index in [-0.39, 0.29) is 13.0 Å². The minimum Gasteiger partial charge on any atom is -0.389 e. The predicted octanol–water partition coefficient (Wildman–Crippen LogP) is 1.37. The lowest BCUT2D eigenvalue weighted by molar-refractivity contribution is -0.272. The summed E-state index contributed by atoms with van der Waals surface area (Å²) >= 11 is 0. The molecule has 24 heavy (non-hydrogen) atoms. The summed E-state index contributed by atoms with van der Waals surface area (Å²) in [6, 6.07) is 0. The van der Waals surface area contributed by atoms with Gasteiger partial charge in [-0.05, 0) is 12.8 Å². The minimum absolute atomic E-state index is 0.139. The quantitative estimate of drug-likeness (QED) is 0.724. The van der Waals surface area contributed by atoms with Gasteiger partial charge in [0.1, 0.15) is 5.82 Å². The summed E-state index contributed by atoms with van der Waals surface area (Å²) in [5, 5.41) is 22.6. The molecule has 1 aromatic rings. The number of aliphatic hydroxyl groups is 2. The van der Waals surface area contributed by atoms with E-state index in [1.807, 2.05) is 0 Å². The van der Waals surface area contributed by atoms with Gasteiger partial charge in [0, 0.05) is 32.4 Å². The van der Waals surface area contributed by atoms with Crippen molar-refractivity contribution in [3.8, 4) is 0 Å². The standard InChI is InChI=1S/C15H22F3N3O3/c1-21-9-8-20-12(21)14(24,15(16,17)18)6-7-19-11(22)10-13(23)4-2-3-5-13/h8-9,23-24H,2-7,10H2,1H3,(H,19,22). The molecule has 0 aliphatic heterocycles. The number of hydrogen-bond acceptors (Lipinski definition) is 4. The molecule has 1 aliphatic rings. The van der Waals surface area contributed by atoms with Crippen LogP contribution in [-0.2, 0) is 17.4 Å². The number of alkyl halides is 3. The first-order chi connectivity index (χ1) is 11.1. The third-order valence-corrected chi connectivity index (χ3v) is 4.49. The summed E-state index contributed by atoms with van der Waals surface area (Å²) in [5.41, 5.74) is -4.22. The van der Waals surface area contributed by atoms with Gasteiger partial charge in [0.25, 0.3) is 0 Å². The van der Waals surface area contributed by atoms with E-state index in [1.54, 1.807) is 0 Å². The van der Waals surface area contributed by atoms with E-state index in [0.717, 1.165) is 17.4 Å². The van der Waals surface area contributed by atoms with Crippen molar-refractivity contribution in [2.24, 2.45) is 7.05 Å². The molecule has 136 valence electrons. The van der Waals surface area contributed by atoms with Crippen LogP contribution in [0, 0.1) is 0 Å². The fourth-order valence-corrected chi connectivity index (χ4v) is 3.10. The van der Waals surface area contributed by atoms with E-state index >= 15 is 0 Å². The number of carbonyl (C=O) groups is 1. The Bertz CT molecular complexity index is 582. The van der Waals surface area contributed by atoms with Crippen LogP contribution in [0.25, 0.3) is 0 Å². The van der Waals surface area contributed by atoms with Gasteiger partial charge < -0.3 is 20.1 Å². The number of rotatable bonds is 6. The number of imidazole rings is 1. The molecular weight excluding hydrogens is 327 g/mol. The summed E-state index contributed by atoms with van der Waals surface area (Å²) < 4.78 is 41.0. The van der Waals surface area contributed by atoms with Gasteiger partial charge in [-0.25, -0.2) is 4.98 Å². The van der Waals surface area contributed by atoms with Crippen molar-refractivity contribution in [1.29, 1.82) is 0 Å². The van der Waals surface area contributed by atoms with Gasteiger partial charge in [-0.2, -0.15) is 13.2 Å². The minimum atomic E-state index is -4.93. The zero-order valence-electron chi connectivity index (χ0n) is 13.4. The zero-order valence-corrected chi connectivity index (χ0v) is 13.4. The van der Waals surface area contributed by atoms with Crippen molar-refractivity contribution in [2.45, 2.75) is 55.9 Å². The fraction of sp³-hybridized carbons (Fsp3) is 0.733. The summed E-state index contributed by atoms with van der Waals surface area (Å²) in [4.78, 5) is 15.4. The molecule has 0 aromatic carbocycles. The highest BCUT2D eigenvalue weighted by Gasteiger charge is 2.57. The average molecular weight is 349 g/mol. The van der Waals surface area contributed by atoms with E-state index in [2.05, 4.69) is 10.3 Å². The molecule has 1 aliphatic carbocycles. The number of nitrogens with one attached hydrogen (secondary N) is 1. The van der Waals surface area contributed by atoms with Gasteiger partial charge in [-0.15, -0.1) is 0 Å². The SMILES string of the molecule is Cn1ccnc1C(O)(CCNC(=O)CC1(O)CCCC1)C(F)(F)F. The highest BCUT2D eigenvalue weighted by molar-refractivity contribution is 5.77.